The van der Waals surface area contributed by atoms with Gasteiger partial charge in [-0.1, -0.05) is 0 Å². The molecule has 0 unspecified atom stereocenters. The molecule has 0 spiro atoms. The van der Waals surface area contributed by atoms with Crippen LogP contribution in [-0.4, -0.2) is 22.0 Å². The largest absolute Gasteiger partial charge is 0.461 e. The van der Waals surface area contributed by atoms with Gasteiger partial charge in [-0.3, -0.25) is 0 Å². The Bertz CT molecular complexity index is 612. The fourth-order valence-electron chi connectivity index (χ4n) is 1.56. The molecule has 80 valence electrons. The van der Waals surface area contributed by atoms with Gasteiger partial charge in [0.2, 0.25) is 0 Å². The highest BCUT2D eigenvalue weighted by molar-refractivity contribution is 5.76. The van der Waals surface area contributed by atoms with Gasteiger partial charge in [-0.25, -0.2) is 9.97 Å². The van der Waals surface area contributed by atoms with Crippen molar-refractivity contribution >= 4 is 17.0 Å². The number of nitrogens with zero attached hydrogens (tertiary/aromatic N) is 2. The van der Waals surface area contributed by atoms with Crippen LogP contribution in [0.15, 0.2) is 34.9 Å². The lowest BCUT2D eigenvalue weighted by molar-refractivity contribution is 0.578. The van der Waals surface area contributed by atoms with Crippen molar-refractivity contribution in [1.82, 2.24) is 15.0 Å². The maximum Gasteiger partial charge on any atom is 0.180 e. The summed E-state index contributed by atoms with van der Waals surface area (Å²) in [5, 5.41) is 2.97. The van der Waals surface area contributed by atoms with Crippen LogP contribution in [0, 0.1) is 0 Å². The Balaban J connectivity index is 2.16. The van der Waals surface area contributed by atoms with Crippen LogP contribution < -0.4 is 5.32 Å². The standard InChI is InChI=1S/C11H10N4O/c1-12-9-5-4-7-10(14-9)15-11(13-7)8-3-2-6-16-8/h2-6H,1H3,(H2,12,13,14,15). The first kappa shape index (κ1) is 8.96. The summed E-state index contributed by atoms with van der Waals surface area (Å²) < 4.78 is 5.27. The number of nitrogens with one attached hydrogen (secondary N) is 2. The average Bonchev–Trinajstić information content (AvgIpc) is 2.96. The van der Waals surface area contributed by atoms with Crippen molar-refractivity contribution in [1.29, 1.82) is 0 Å². The zero-order chi connectivity index (χ0) is 11.0. The molecule has 0 aliphatic rings. The van der Waals surface area contributed by atoms with Gasteiger partial charge in [0.05, 0.1) is 11.8 Å². The second-order valence-electron chi connectivity index (χ2n) is 3.38. The predicted molar refractivity (Wildman–Crippen MR) is 61.1 cm³/mol. The number of anilines is 1. The highest BCUT2D eigenvalue weighted by atomic mass is 16.3. The smallest absolute Gasteiger partial charge is 0.180 e. The molecule has 0 atom stereocenters. The number of aromatic amines is 1. The van der Waals surface area contributed by atoms with E-state index in [2.05, 4.69) is 20.3 Å². The maximum absolute atomic E-state index is 5.27. The molecule has 0 amide bonds. The summed E-state index contributed by atoms with van der Waals surface area (Å²) in [5.41, 5.74) is 1.57. The molecule has 3 heterocycles. The highest BCUT2D eigenvalue weighted by Crippen LogP contribution is 2.20. The number of aromatic nitrogens is 3. The van der Waals surface area contributed by atoms with Crippen LogP contribution in [0.5, 0.6) is 0 Å². The van der Waals surface area contributed by atoms with Crippen molar-refractivity contribution in [2.24, 2.45) is 0 Å². The third-order valence-corrected chi connectivity index (χ3v) is 2.36. The predicted octanol–water partition coefficient (Wildman–Crippen LogP) is 2.26. The molecule has 0 radical (unpaired) electrons. The Morgan fingerprint density at radius 2 is 2.19 bits per heavy atom. The number of fused-ring (bicyclic) bond motifs is 1. The zero-order valence-corrected chi connectivity index (χ0v) is 8.69. The number of hydrogen-bond donors (Lipinski definition) is 2. The Morgan fingerprint density at radius 3 is 2.94 bits per heavy atom. The second-order valence-corrected chi connectivity index (χ2v) is 3.38. The first-order valence-electron chi connectivity index (χ1n) is 4.95. The second kappa shape index (κ2) is 3.37. The van der Waals surface area contributed by atoms with Gasteiger partial charge in [0.1, 0.15) is 5.82 Å². The molecular weight excluding hydrogens is 204 g/mol. The van der Waals surface area contributed by atoms with Crippen LogP contribution >= 0.6 is 0 Å². The van der Waals surface area contributed by atoms with E-state index < -0.39 is 0 Å². The van der Waals surface area contributed by atoms with E-state index >= 15 is 0 Å². The van der Waals surface area contributed by atoms with E-state index in [1.54, 1.807) is 6.26 Å². The minimum absolute atomic E-state index is 0.679. The van der Waals surface area contributed by atoms with E-state index in [1.807, 2.05) is 31.3 Å². The lowest BCUT2D eigenvalue weighted by Gasteiger charge is -1.95. The van der Waals surface area contributed by atoms with Crippen LogP contribution in [0.4, 0.5) is 5.82 Å². The molecule has 3 aromatic heterocycles. The van der Waals surface area contributed by atoms with Gasteiger partial charge >= 0.3 is 0 Å². The van der Waals surface area contributed by atoms with Crippen LogP contribution in [0.25, 0.3) is 22.7 Å². The minimum Gasteiger partial charge on any atom is -0.461 e. The van der Waals surface area contributed by atoms with Gasteiger partial charge in [0.15, 0.2) is 17.2 Å². The van der Waals surface area contributed by atoms with Crippen LogP contribution in [0.2, 0.25) is 0 Å². The lowest BCUT2D eigenvalue weighted by atomic mass is 10.4. The summed E-state index contributed by atoms with van der Waals surface area (Å²) in [6.07, 6.45) is 1.62. The molecule has 0 fully saturated rings. The first-order chi connectivity index (χ1) is 7.86. The molecular formula is C11H10N4O. The highest BCUT2D eigenvalue weighted by Gasteiger charge is 2.08. The number of H-pyrrole nitrogens is 1. The molecule has 3 aromatic rings. The molecule has 0 saturated heterocycles. The van der Waals surface area contributed by atoms with Crippen molar-refractivity contribution in [3.63, 3.8) is 0 Å². The third-order valence-electron chi connectivity index (χ3n) is 2.36. The third kappa shape index (κ3) is 1.33. The Labute approximate surface area is 91.5 Å². The summed E-state index contributed by atoms with van der Waals surface area (Å²) >= 11 is 0. The zero-order valence-electron chi connectivity index (χ0n) is 8.69. The van der Waals surface area contributed by atoms with Crippen molar-refractivity contribution in [2.75, 3.05) is 12.4 Å². The number of pyridine rings is 1. The molecule has 5 nitrogen and oxygen atoms in total. The van der Waals surface area contributed by atoms with E-state index in [-0.39, 0.29) is 0 Å². The minimum atomic E-state index is 0.679. The quantitative estimate of drug-likeness (QED) is 0.686. The molecule has 3 rings (SSSR count). The molecule has 0 bridgehead atoms. The Morgan fingerprint density at radius 1 is 1.25 bits per heavy atom. The molecule has 16 heavy (non-hydrogen) atoms. The number of rotatable bonds is 2. The van der Waals surface area contributed by atoms with E-state index in [0.717, 1.165) is 11.3 Å². The maximum atomic E-state index is 5.27. The average molecular weight is 214 g/mol. The normalized spacial score (nSPS) is 10.8. The number of hydrogen-bond acceptors (Lipinski definition) is 4. The van der Waals surface area contributed by atoms with Crippen molar-refractivity contribution in [3.8, 4) is 11.6 Å². The fraction of sp³-hybridized carbons (Fsp3) is 0.0909. The molecule has 0 aromatic carbocycles. The number of furan rings is 1. The molecule has 0 aliphatic carbocycles. The summed E-state index contributed by atoms with van der Waals surface area (Å²) in [6, 6.07) is 7.52. The molecule has 0 saturated carbocycles. The van der Waals surface area contributed by atoms with Crippen LogP contribution in [0.3, 0.4) is 0 Å². The van der Waals surface area contributed by atoms with Crippen LogP contribution in [-0.2, 0) is 0 Å². The molecule has 2 N–H and O–H groups in total. The lowest BCUT2D eigenvalue weighted by Crippen LogP contribution is -1.91. The summed E-state index contributed by atoms with van der Waals surface area (Å²) in [6.45, 7) is 0. The SMILES string of the molecule is CNc1ccc2[nH]c(-c3ccco3)nc2n1. The van der Waals surface area contributed by atoms with Crippen molar-refractivity contribution in [3.05, 3.63) is 30.5 Å². The van der Waals surface area contributed by atoms with Gasteiger partial charge in [-0.15, -0.1) is 0 Å². The van der Waals surface area contributed by atoms with Gasteiger partial charge in [-0.2, -0.15) is 0 Å². The van der Waals surface area contributed by atoms with Gasteiger partial charge in [0, 0.05) is 7.05 Å². The first-order valence-corrected chi connectivity index (χ1v) is 4.95. The number of imidazole rings is 1. The van der Waals surface area contributed by atoms with E-state index in [1.165, 1.54) is 0 Å². The fourth-order valence-corrected chi connectivity index (χ4v) is 1.56. The monoisotopic (exact) mass is 214 g/mol. The summed E-state index contributed by atoms with van der Waals surface area (Å²) in [7, 11) is 1.83. The van der Waals surface area contributed by atoms with Gasteiger partial charge < -0.3 is 14.7 Å². The Kier molecular flexibility index (Phi) is 1.89. The van der Waals surface area contributed by atoms with Gasteiger partial charge in [-0.05, 0) is 24.3 Å². The Hall–Kier alpha value is -2.30. The molecule has 0 aliphatic heterocycles. The summed E-state index contributed by atoms with van der Waals surface area (Å²) in [5.74, 6) is 2.20. The van der Waals surface area contributed by atoms with Crippen molar-refractivity contribution < 1.29 is 4.42 Å². The van der Waals surface area contributed by atoms with E-state index in [9.17, 15) is 0 Å². The van der Waals surface area contributed by atoms with Crippen LogP contribution in [0.1, 0.15) is 0 Å². The topological polar surface area (TPSA) is 66.7 Å². The van der Waals surface area contributed by atoms with E-state index in [0.29, 0.717) is 17.2 Å². The molecule has 5 heteroatoms. The van der Waals surface area contributed by atoms with Gasteiger partial charge in [0.25, 0.3) is 0 Å². The van der Waals surface area contributed by atoms with Crippen molar-refractivity contribution in [2.45, 2.75) is 0 Å². The van der Waals surface area contributed by atoms with E-state index in [4.69, 9.17) is 4.42 Å². The summed E-state index contributed by atoms with van der Waals surface area (Å²) in [4.78, 5) is 11.8.